The van der Waals surface area contributed by atoms with Crippen LogP contribution >= 0.6 is 0 Å². The van der Waals surface area contributed by atoms with Crippen molar-refractivity contribution in [2.75, 3.05) is 29.6 Å². The summed E-state index contributed by atoms with van der Waals surface area (Å²) in [6.45, 7) is 2.10. The molecule has 2 aliphatic rings. The summed E-state index contributed by atoms with van der Waals surface area (Å²) in [4.78, 5) is 24.3. The second kappa shape index (κ2) is 10.2. The molecule has 32 heavy (non-hydrogen) atoms. The molecule has 1 saturated carbocycles. The van der Waals surface area contributed by atoms with Crippen LogP contribution in [-0.2, 0) is 19.3 Å². The van der Waals surface area contributed by atoms with E-state index in [2.05, 4.69) is 47.9 Å². The van der Waals surface area contributed by atoms with Crippen LogP contribution in [0.5, 0.6) is 0 Å². The molecule has 1 aromatic carbocycles. The number of carbonyl (C=O) groups is 1. The van der Waals surface area contributed by atoms with Gasteiger partial charge in [-0.3, -0.25) is 0 Å². The van der Waals surface area contributed by atoms with Gasteiger partial charge in [-0.1, -0.05) is 25.1 Å². The lowest BCUT2D eigenvalue weighted by atomic mass is 9.91. The fourth-order valence-corrected chi connectivity index (χ4v) is 4.87. The van der Waals surface area contributed by atoms with Crippen LogP contribution in [0.15, 0.2) is 24.3 Å². The number of benzene rings is 1. The number of hydrogen-bond acceptors (Lipinski definition) is 5. The van der Waals surface area contributed by atoms with Crippen molar-refractivity contribution in [1.29, 1.82) is 0 Å². The summed E-state index contributed by atoms with van der Waals surface area (Å²) in [6.07, 6.45) is 9.33. The van der Waals surface area contributed by atoms with Crippen LogP contribution in [0.1, 0.15) is 62.3 Å². The van der Waals surface area contributed by atoms with Crippen molar-refractivity contribution < 1.29 is 4.79 Å². The Bertz CT molecular complexity index is 936. The van der Waals surface area contributed by atoms with E-state index in [1.165, 1.54) is 24.1 Å². The third kappa shape index (κ3) is 5.31. The lowest BCUT2D eigenvalue weighted by Crippen LogP contribution is -2.42. The summed E-state index contributed by atoms with van der Waals surface area (Å²) in [5, 5.41) is 9.75. The highest BCUT2D eigenvalue weighted by atomic mass is 16.2. The summed E-state index contributed by atoms with van der Waals surface area (Å²) in [6, 6.07) is 8.39. The van der Waals surface area contributed by atoms with Crippen LogP contribution in [0.25, 0.3) is 0 Å². The van der Waals surface area contributed by atoms with E-state index < -0.39 is 0 Å². The van der Waals surface area contributed by atoms with Crippen LogP contribution in [0.2, 0.25) is 0 Å². The SMILES string of the molecule is CCc1ccccc1NC(=O)NC1CCC(Nc2nc3c(c(N(C)C)n2)CCCC3)CC1. The number of anilines is 3. The van der Waals surface area contributed by atoms with E-state index in [9.17, 15) is 4.79 Å². The number of aryl methyl sites for hydroxylation is 2. The molecule has 0 unspecified atom stereocenters. The molecule has 7 nitrogen and oxygen atoms in total. The number of nitrogens with zero attached hydrogens (tertiary/aromatic N) is 3. The summed E-state index contributed by atoms with van der Waals surface area (Å²) < 4.78 is 0. The number of nitrogens with one attached hydrogen (secondary N) is 3. The van der Waals surface area contributed by atoms with Gasteiger partial charge in [0, 0.05) is 37.4 Å². The first-order valence-corrected chi connectivity index (χ1v) is 12.0. The lowest BCUT2D eigenvalue weighted by molar-refractivity contribution is 0.243. The van der Waals surface area contributed by atoms with Gasteiger partial charge in [0.05, 0.1) is 5.69 Å². The molecule has 0 aliphatic heterocycles. The molecule has 4 rings (SSSR count). The first-order valence-electron chi connectivity index (χ1n) is 12.0. The van der Waals surface area contributed by atoms with Crippen molar-refractivity contribution in [3.63, 3.8) is 0 Å². The molecular formula is C25H36N6O. The van der Waals surface area contributed by atoms with Crippen molar-refractivity contribution >= 4 is 23.5 Å². The third-order valence-electron chi connectivity index (χ3n) is 6.63. The fourth-order valence-electron chi connectivity index (χ4n) is 4.87. The van der Waals surface area contributed by atoms with Gasteiger partial charge < -0.3 is 20.9 Å². The number of para-hydroxylation sites is 1. The van der Waals surface area contributed by atoms with E-state index >= 15 is 0 Å². The zero-order valence-electron chi connectivity index (χ0n) is 19.6. The van der Waals surface area contributed by atoms with Crippen molar-refractivity contribution in [1.82, 2.24) is 15.3 Å². The van der Waals surface area contributed by atoms with E-state index in [-0.39, 0.29) is 12.1 Å². The smallest absolute Gasteiger partial charge is 0.319 e. The van der Waals surface area contributed by atoms with Gasteiger partial charge in [0.15, 0.2) is 0 Å². The van der Waals surface area contributed by atoms with Crippen LogP contribution in [-0.4, -0.2) is 42.2 Å². The minimum absolute atomic E-state index is 0.115. The average molecular weight is 437 g/mol. The molecule has 2 amide bonds. The van der Waals surface area contributed by atoms with Gasteiger partial charge in [-0.2, -0.15) is 4.98 Å². The molecule has 1 heterocycles. The van der Waals surface area contributed by atoms with Crippen molar-refractivity contribution in [2.45, 2.75) is 76.8 Å². The first kappa shape index (κ1) is 22.4. The van der Waals surface area contributed by atoms with Crippen LogP contribution in [0.4, 0.5) is 22.2 Å². The maximum atomic E-state index is 12.5. The van der Waals surface area contributed by atoms with E-state index in [1.54, 1.807) is 0 Å². The topological polar surface area (TPSA) is 82.2 Å². The number of hydrogen-bond donors (Lipinski definition) is 3. The van der Waals surface area contributed by atoms with Crippen molar-refractivity contribution in [3.05, 3.63) is 41.1 Å². The second-order valence-electron chi connectivity index (χ2n) is 9.20. The van der Waals surface area contributed by atoms with Crippen LogP contribution in [0, 0.1) is 0 Å². The normalized spacial score (nSPS) is 20.2. The molecule has 172 valence electrons. The molecule has 0 bridgehead atoms. The maximum Gasteiger partial charge on any atom is 0.319 e. The Labute approximate surface area is 191 Å². The molecule has 2 aliphatic carbocycles. The minimum Gasteiger partial charge on any atom is -0.362 e. The van der Waals surface area contributed by atoms with Gasteiger partial charge in [0.1, 0.15) is 5.82 Å². The Hall–Kier alpha value is -2.83. The summed E-state index contributed by atoms with van der Waals surface area (Å²) in [7, 11) is 4.11. The Morgan fingerprint density at radius 3 is 2.50 bits per heavy atom. The number of rotatable bonds is 6. The molecular weight excluding hydrogens is 400 g/mol. The van der Waals surface area contributed by atoms with Gasteiger partial charge in [0.25, 0.3) is 0 Å². The summed E-state index contributed by atoms with van der Waals surface area (Å²) >= 11 is 0. The standard InChI is InChI=1S/C25H36N6O/c1-4-17-9-5-7-11-21(17)29-25(32)27-19-15-13-18(14-16-19)26-24-28-22-12-8-6-10-20(22)23(30-24)31(2)3/h5,7,9,11,18-19H,4,6,8,10,12-16H2,1-3H3,(H,26,28,30)(H2,27,29,32). The second-order valence-corrected chi connectivity index (χ2v) is 9.20. The average Bonchev–Trinajstić information content (AvgIpc) is 2.80. The molecule has 1 fully saturated rings. The third-order valence-corrected chi connectivity index (χ3v) is 6.63. The number of aromatic nitrogens is 2. The van der Waals surface area contributed by atoms with Gasteiger partial charge in [-0.25, -0.2) is 9.78 Å². The quantitative estimate of drug-likeness (QED) is 0.620. The van der Waals surface area contributed by atoms with Gasteiger partial charge in [-0.15, -0.1) is 0 Å². The monoisotopic (exact) mass is 436 g/mol. The largest absolute Gasteiger partial charge is 0.362 e. The Morgan fingerprint density at radius 1 is 1.03 bits per heavy atom. The predicted octanol–water partition coefficient (Wildman–Crippen LogP) is 4.53. The van der Waals surface area contributed by atoms with Crippen LogP contribution in [0.3, 0.4) is 0 Å². The number of fused-ring (bicyclic) bond motifs is 1. The molecule has 3 N–H and O–H groups in total. The molecule has 0 spiro atoms. The maximum absolute atomic E-state index is 12.5. The highest BCUT2D eigenvalue weighted by Gasteiger charge is 2.25. The van der Waals surface area contributed by atoms with Gasteiger partial charge in [-0.05, 0) is 69.4 Å². The highest BCUT2D eigenvalue weighted by molar-refractivity contribution is 5.90. The minimum atomic E-state index is -0.115. The van der Waals surface area contributed by atoms with E-state index in [0.717, 1.165) is 68.0 Å². The highest BCUT2D eigenvalue weighted by Crippen LogP contribution is 2.29. The lowest BCUT2D eigenvalue weighted by Gasteiger charge is -2.30. The predicted molar refractivity (Wildman–Crippen MR) is 131 cm³/mol. The van der Waals surface area contributed by atoms with E-state index in [4.69, 9.17) is 9.97 Å². The molecule has 7 heteroatoms. The molecule has 0 radical (unpaired) electrons. The van der Waals surface area contributed by atoms with Gasteiger partial charge >= 0.3 is 6.03 Å². The van der Waals surface area contributed by atoms with Gasteiger partial charge in [0.2, 0.25) is 5.95 Å². The zero-order valence-corrected chi connectivity index (χ0v) is 19.6. The number of urea groups is 1. The Balaban J connectivity index is 1.30. The van der Waals surface area contributed by atoms with E-state index in [0.29, 0.717) is 6.04 Å². The molecule has 0 atom stereocenters. The molecule has 2 aromatic rings. The van der Waals surface area contributed by atoms with E-state index in [1.807, 2.05) is 18.2 Å². The summed E-state index contributed by atoms with van der Waals surface area (Å²) in [5.74, 6) is 1.80. The Morgan fingerprint density at radius 2 is 1.75 bits per heavy atom. The fraction of sp³-hybridized carbons (Fsp3) is 0.560. The molecule has 0 saturated heterocycles. The summed E-state index contributed by atoms with van der Waals surface area (Å²) in [5.41, 5.74) is 4.56. The van der Waals surface area contributed by atoms with Crippen molar-refractivity contribution in [2.24, 2.45) is 0 Å². The van der Waals surface area contributed by atoms with Crippen LogP contribution < -0.4 is 20.9 Å². The van der Waals surface area contributed by atoms with Crippen molar-refractivity contribution in [3.8, 4) is 0 Å². The Kier molecular flexibility index (Phi) is 7.12. The number of amides is 2. The zero-order chi connectivity index (χ0) is 22.5. The molecule has 1 aromatic heterocycles. The first-order chi connectivity index (χ1) is 15.5. The number of carbonyl (C=O) groups excluding carboxylic acids is 1.